The Morgan fingerprint density at radius 1 is 1.11 bits per heavy atom. The Balaban J connectivity index is 2.68. The highest BCUT2D eigenvalue weighted by Gasteiger charge is 2.26. The van der Waals surface area contributed by atoms with Crippen molar-refractivity contribution < 1.29 is 18.3 Å². The molecule has 0 unspecified atom stereocenters. The molecule has 0 radical (unpaired) electrons. The molecule has 0 saturated heterocycles. The predicted octanol–water partition coefficient (Wildman–Crippen LogP) is 3.92. The number of carbonyl (C=O) groups is 1. The maximum atomic E-state index is 13.7. The van der Waals surface area contributed by atoms with E-state index in [4.69, 9.17) is 4.74 Å². The molecule has 0 bridgehead atoms. The molecule has 2 aromatic rings. The van der Waals surface area contributed by atoms with Gasteiger partial charge < -0.3 is 4.74 Å². The quantitative estimate of drug-likeness (QED) is 0.768. The van der Waals surface area contributed by atoms with E-state index >= 15 is 0 Å². The number of ether oxygens (including phenoxy) is 1. The first-order chi connectivity index (χ1) is 8.83. The molecule has 0 saturated carbocycles. The van der Waals surface area contributed by atoms with Crippen molar-refractivity contribution in [3.05, 3.63) is 47.5 Å². The number of esters is 1. The third kappa shape index (κ3) is 2.43. The number of benzene rings is 2. The fourth-order valence-electron chi connectivity index (χ4n) is 2.23. The van der Waals surface area contributed by atoms with Gasteiger partial charge >= 0.3 is 5.97 Å². The summed E-state index contributed by atoms with van der Waals surface area (Å²) in [4.78, 5) is 11.1. The summed E-state index contributed by atoms with van der Waals surface area (Å²) in [7, 11) is 0. The van der Waals surface area contributed by atoms with Gasteiger partial charge in [0, 0.05) is 17.9 Å². The smallest absolute Gasteiger partial charge is 0.303 e. The maximum Gasteiger partial charge on any atom is 0.303 e. The van der Waals surface area contributed by atoms with Crippen LogP contribution >= 0.6 is 0 Å². The summed E-state index contributed by atoms with van der Waals surface area (Å²) >= 11 is 0. The van der Waals surface area contributed by atoms with Gasteiger partial charge in [-0.25, -0.2) is 8.78 Å². The van der Waals surface area contributed by atoms with Crippen LogP contribution in [0.25, 0.3) is 10.8 Å². The van der Waals surface area contributed by atoms with E-state index < -0.39 is 23.2 Å². The average Bonchev–Trinajstić information content (AvgIpc) is 2.32. The minimum atomic E-state index is -0.907. The largest absolute Gasteiger partial charge is 0.455 e. The van der Waals surface area contributed by atoms with Gasteiger partial charge in [0.1, 0.15) is 5.60 Å². The molecule has 0 N–H and O–H groups in total. The van der Waals surface area contributed by atoms with E-state index in [1.807, 2.05) is 0 Å². The van der Waals surface area contributed by atoms with Crippen molar-refractivity contribution in [2.45, 2.75) is 26.4 Å². The van der Waals surface area contributed by atoms with Crippen LogP contribution in [0.3, 0.4) is 0 Å². The molecule has 0 atom stereocenters. The Kier molecular flexibility index (Phi) is 3.27. The SMILES string of the molecule is CC(=O)OC(C)(C)c1cccc2c(F)c(F)ccc12. The third-order valence-electron chi connectivity index (χ3n) is 3.00. The summed E-state index contributed by atoms with van der Waals surface area (Å²) in [6.45, 7) is 4.74. The van der Waals surface area contributed by atoms with Gasteiger partial charge in [0.2, 0.25) is 0 Å². The van der Waals surface area contributed by atoms with Crippen molar-refractivity contribution >= 4 is 16.7 Å². The number of rotatable bonds is 2. The molecule has 100 valence electrons. The van der Waals surface area contributed by atoms with Crippen LogP contribution in [0.15, 0.2) is 30.3 Å². The van der Waals surface area contributed by atoms with Crippen LogP contribution in [0.5, 0.6) is 0 Å². The molecule has 0 aliphatic carbocycles. The van der Waals surface area contributed by atoms with E-state index in [1.54, 1.807) is 26.0 Å². The van der Waals surface area contributed by atoms with Gasteiger partial charge in [-0.1, -0.05) is 24.3 Å². The number of halogens is 2. The normalized spacial score (nSPS) is 11.6. The summed E-state index contributed by atoms with van der Waals surface area (Å²) in [6.07, 6.45) is 0. The fraction of sp³-hybridized carbons (Fsp3) is 0.267. The highest BCUT2D eigenvalue weighted by atomic mass is 19.2. The van der Waals surface area contributed by atoms with Crippen LogP contribution in [-0.2, 0) is 15.1 Å². The van der Waals surface area contributed by atoms with Crippen molar-refractivity contribution in [2.75, 3.05) is 0 Å². The minimum Gasteiger partial charge on any atom is -0.455 e. The molecule has 0 fully saturated rings. The lowest BCUT2D eigenvalue weighted by Crippen LogP contribution is -2.24. The monoisotopic (exact) mass is 264 g/mol. The van der Waals surface area contributed by atoms with Crippen molar-refractivity contribution in [1.82, 2.24) is 0 Å². The van der Waals surface area contributed by atoms with Crippen molar-refractivity contribution in [2.24, 2.45) is 0 Å². The number of hydrogen-bond acceptors (Lipinski definition) is 2. The van der Waals surface area contributed by atoms with Gasteiger partial charge in [0.05, 0.1) is 0 Å². The first kappa shape index (κ1) is 13.5. The molecular formula is C15H14F2O2. The van der Waals surface area contributed by atoms with Crippen molar-refractivity contribution in [1.29, 1.82) is 0 Å². The van der Waals surface area contributed by atoms with E-state index in [1.165, 1.54) is 19.1 Å². The number of hydrogen-bond donors (Lipinski definition) is 0. The zero-order chi connectivity index (χ0) is 14.2. The van der Waals surface area contributed by atoms with Crippen LogP contribution in [-0.4, -0.2) is 5.97 Å². The van der Waals surface area contributed by atoms with Gasteiger partial charge in [-0.2, -0.15) is 0 Å². The zero-order valence-electron chi connectivity index (χ0n) is 11.0. The summed E-state index contributed by atoms with van der Waals surface area (Å²) in [6, 6.07) is 7.43. The molecule has 4 heteroatoms. The standard InChI is InChI=1S/C15H14F2O2/c1-9(18)19-15(2,3)12-6-4-5-11-10(12)7-8-13(16)14(11)17/h4-8H,1-3H3. The van der Waals surface area contributed by atoms with E-state index in [9.17, 15) is 13.6 Å². The van der Waals surface area contributed by atoms with Gasteiger partial charge in [-0.15, -0.1) is 0 Å². The van der Waals surface area contributed by atoms with Crippen LogP contribution in [0.2, 0.25) is 0 Å². The van der Waals surface area contributed by atoms with Crippen molar-refractivity contribution in [3.8, 4) is 0 Å². The van der Waals surface area contributed by atoms with Gasteiger partial charge in [0.25, 0.3) is 0 Å². The topological polar surface area (TPSA) is 26.3 Å². The average molecular weight is 264 g/mol. The van der Waals surface area contributed by atoms with Crippen LogP contribution in [0.1, 0.15) is 26.3 Å². The Bertz CT molecular complexity index is 648. The maximum absolute atomic E-state index is 13.7. The van der Waals surface area contributed by atoms with Gasteiger partial charge in [-0.05, 0) is 25.3 Å². The van der Waals surface area contributed by atoms with E-state index in [0.717, 1.165) is 6.07 Å². The fourth-order valence-corrected chi connectivity index (χ4v) is 2.23. The highest BCUT2D eigenvalue weighted by Crippen LogP contribution is 2.33. The van der Waals surface area contributed by atoms with E-state index in [-0.39, 0.29) is 5.39 Å². The molecular weight excluding hydrogens is 250 g/mol. The van der Waals surface area contributed by atoms with Gasteiger partial charge in [0.15, 0.2) is 11.6 Å². The highest BCUT2D eigenvalue weighted by molar-refractivity contribution is 5.87. The molecule has 2 rings (SSSR count). The Labute approximate surface area is 110 Å². The predicted molar refractivity (Wildman–Crippen MR) is 68.7 cm³/mol. The second-order valence-corrected chi connectivity index (χ2v) is 4.87. The molecule has 2 aromatic carbocycles. The van der Waals surface area contributed by atoms with Crippen LogP contribution in [0.4, 0.5) is 8.78 Å². The molecule has 19 heavy (non-hydrogen) atoms. The van der Waals surface area contributed by atoms with Crippen molar-refractivity contribution in [3.63, 3.8) is 0 Å². The molecule has 2 nitrogen and oxygen atoms in total. The summed E-state index contributed by atoms with van der Waals surface area (Å²) in [5.41, 5.74) is -0.269. The second-order valence-electron chi connectivity index (χ2n) is 4.87. The number of fused-ring (bicyclic) bond motifs is 1. The van der Waals surface area contributed by atoms with Gasteiger partial charge in [-0.3, -0.25) is 4.79 Å². The van der Waals surface area contributed by atoms with E-state index in [2.05, 4.69) is 0 Å². The first-order valence-electron chi connectivity index (χ1n) is 5.90. The van der Waals surface area contributed by atoms with E-state index in [0.29, 0.717) is 10.9 Å². The first-order valence-corrected chi connectivity index (χ1v) is 5.90. The summed E-state index contributed by atoms with van der Waals surface area (Å²) < 4.78 is 32.2. The lowest BCUT2D eigenvalue weighted by Gasteiger charge is -2.26. The molecule has 0 aliphatic rings. The third-order valence-corrected chi connectivity index (χ3v) is 3.00. The Morgan fingerprint density at radius 2 is 1.79 bits per heavy atom. The molecule has 0 spiro atoms. The zero-order valence-corrected chi connectivity index (χ0v) is 11.0. The van der Waals surface area contributed by atoms with Crippen LogP contribution in [0, 0.1) is 11.6 Å². The summed E-state index contributed by atoms with van der Waals surface area (Å²) in [5.74, 6) is -2.21. The van der Waals surface area contributed by atoms with Crippen LogP contribution < -0.4 is 0 Å². The lowest BCUT2D eigenvalue weighted by molar-refractivity contribution is -0.154. The molecule has 0 aliphatic heterocycles. The molecule has 0 aromatic heterocycles. The Hall–Kier alpha value is -1.97. The number of carbonyl (C=O) groups excluding carboxylic acids is 1. The minimum absolute atomic E-state index is 0.178. The Morgan fingerprint density at radius 3 is 2.42 bits per heavy atom. The summed E-state index contributed by atoms with van der Waals surface area (Å²) in [5, 5.41) is 0.713. The second kappa shape index (κ2) is 4.61. The molecule has 0 heterocycles. The molecule has 0 amide bonds. The lowest BCUT2D eigenvalue weighted by atomic mass is 9.92.